The lowest BCUT2D eigenvalue weighted by Crippen LogP contribution is -2.41. The molecule has 3 N–H and O–H groups in total. The van der Waals surface area contributed by atoms with Crippen molar-refractivity contribution in [2.75, 3.05) is 19.6 Å². The van der Waals surface area contributed by atoms with Gasteiger partial charge in [-0.05, 0) is 13.8 Å². The summed E-state index contributed by atoms with van der Waals surface area (Å²) in [7, 11) is 0. The topological polar surface area (TPSA) is 110 Å². The van der Waals surface area contributed by atoms with Gasteiger partial charge in [0.25, 0.3) is 5.91 Å². The number of amides is 4. The standard InChI is InChI=1S/C12H19N3O5/c1-12(2)10(19)15(11(20)13-12)4-3-9(18)14-5-7(16)8(17)6-14/h7-8,16-17H,3-6H2,1-2H3,(H,13,20)/t7-,8+. The molecular weight excluding hydrogens is 266 g/mol. The molecule has 0 aromatic heterocycles. The van der Waals surface area contributed by atoms with Gasteiger partial charge in [-0.3, -0.25) is 14.5 Å². The third-order valence-electron chi connectivity index (χ3n) is 3.61. The summed E-state index contributed by atoms with van der Waals surface area (Å²) in [5.74, 6) is -0.664. The second kappa shape index (κ2) is 5.02. The number of carbonyl (C=O) groups is 3. The Kier molecular flexibility index (Phi) is 3.70. The van der Waals surface area contributed by atoms with Crippen molar-refractivity contribution in [3.63, 3.8) is 0 Å². The van der Waals surface area contributed by atoms with E-state index in [-0.39, 0.29) is 37.9 Å². The van der Waals surface area contributed by atoms with E-state index in [1.54, 1.807) is 13.8 Å². The lowest BCUT2D eigenvalue weighted by Gasteiger charge is -2.18. The Balaban J connectivity index is 1.88. The maximum absolute atomic E-state index is 11.9. The molecule has 2 atom stereocenters. The van der Waals surface area contributed by atoms with Crippen molar-refractivity contribution in [1.29, 1.82) is 0 Å². The molecule has 0 aromatic rings. The van der Waals surface area contributed by atoms with Crippen LogP contribution in [0.2, 0.25) is 0 Å². The normalized spacial score (nSPS) is 29.0. The van der Waals surface area contributed by atoms with Crippen LogP contribution in [0.1, 0.15) is 20.3 Å². The molecule has 2 fully saturated rings. The van der Waals surface area contributed by atoms with Crippen molar-refractivity contribution in [1.82, 2.24) is 15.1 Å². The molecule has 20 heavy (non-hydrogen) atoms. The molecule has 2 saturated heterocycles. The summed E-state index contributed by atoms with van der Waals surface area (Å²) in [5.41, 5.74) is -0.944. The highest BCUT2D eigenvalue weighted by atomic mass is 16.3. The lowest BCUT2D eigenvalue weighted by atomic mass is 10.1. The summed E-state index contributed by atoms with van der Waals surface area (Å²) in [6, 6.07) is -0.505. The van der Waals surface area contributed by atoms with Crippen molar-refractivity contribution in [2.45, 2.75) is 38.0 Å². The van der Waals surface area contributed by atoms with Crippen LogP contribution in [0, 0.1) is 0 Å². The molecule has 0 bridgehead atoms. The number of aliphatic hydroxyl groups is 2. The van der Waals surface area contributed by atoms with E-state index >= 15 is 0 Å². The second-order valence-electron chi connectivity index (χ2n) is 5.70. The Morgan fingerprint density at radius 1 is 1.30 bits per heavy atom. The van der Waals surface area contributed by atoms with Crippen LogP contribution in [0.15, 0.2) is 0 Å². The maximum Gasteiger partial charge on any atom is 0.325 e. The molecule has 4 amide bonds. The van der Waals surface area contributed by atoms with E-state index in [2.05, 4.69) is 5.32 Å². The van der Waals surface area contributed by atoms with Crippen LogP contribution in [0.5, 0.6) is 0 Å². The minimum absolute atomic E-state index is 0.00434. The van der Waals surface area contributed by atoms with Gasteiger partial charge in [-0.15, -0.1) is 0 Å². The number of nitrogens with one attached hydrogen (secondary N) is 1. The fourth-order valence-corrected chi connectivity index (χ4v) is 2.36. The zero-order chi connectivity index (χ0) is 15.1. The average molecular weight is 285 g/mol. The SMILES string of the molecule is CC1(C)NC(=O)N(CCC(=O)N2C[C@@H](O)[C@@H](O)C2)C1=O. The smallest absolute Gasteiger partial charge is 0.325 e. The summed E-state index contributed by atoms with van der Waals surface area (Å²) in [5, 5.41) is 21.3. The highest BCUT2D eigenvalue weighted by molar-refractivity contribution is 6.06. The van der Waals surface area contributed by atoms with Crippen LogP contribution in [0.3, 0.4) is 0 Å². The molecule has 2 rings (SSSR count). The van der Waals surface area contributed by atoms with Crippen LogP contribution in [0.25, 0.3) is 0 Å². The van der Waals surface area contributed by atoms with Gasteiger partial charge in [0.05, 0.1) is 12.2 Å². The molecule has 112 valence electrons. The molecule has 8 nitrogen and oxygen atoms in total. The van der Waals surface area contributed by atoms with Crippen molar-refractivity contribution < 1.29 is 24.6 Å². The third-order valence-corrected chi connectivity index (χ3v) is 3.61. The monoisotopic (exact) mass is 285 g/mol. The molecule has 0 aliphatic carbocycles. The zero-order valence-corrected chi connectivity index (χ0v) is 11.5. The molecule has 0 aromatic carbocycles. The summed E-state index contributed by atoms with van der Waals surface area (Å²) in [4.78, 5) is 37.8. The van der Waals surface area contributed by atoms with Gasteiger partial charge >= 0.3 is 6.03 Å². The lowest BCUT2D eigenvalue weighted by molar-refractivity contribution is -0.133. The Hall–Kier alpha value is -1.67. The van der Waals surface area contributed by atoms with Crippen LogP contribution >= 0.6 is 0 Å². The molecule has 2 aliphatic heterocycles. The first-order valence-corrected chi connectivity index (χ1v) is 6.50. The highest BCUT2D eigenvalue weighted by Gasteiger charge is 2.44. The van der Waals surface area contributed by atoms with Crippen molar-refractivity contribution in [3.8, 4) is 0 Å². The summed E-state index contributed by atoms with van der Waals surface area (Å²) < 4.78 is 0. The van der Waals surface area contributed by atoms with Crippen LogP contribution in [-0.4, -0.2) is 75.2 Å². The number of nitrogens with zero attached hydrogens (tertiary/aromatic N) is 2. The van der Waals surface area contributed by atoms with Gasteiger partial charge in [-0.25, -0.2) is 4.79 Å². The predicted molar refractivity (Wildman–Crippen MR) is 67.5 cm³/mol. The molecule has 2 heterocycles. The molecular formula is C12H19N3O5. The highest BCUT2D eigenvalue weighted by Crippen LogP contribution is 2.17. The molecule has 0 radical (unpaired) electrons. The quantitative estimate of drug-likeness (QED) is 0.534. The molecule has 0 saturated carbocycles. The minimum Gasteiger partial charge on any atom is -0.388 e. The summed E-state index contributed by atoms with van der Waals surface area (Å²) >= 11 is 0. The van der Waals surface area contributed by atoms with Crippen molar-refractivity contribution in [3.05, 3.63) is 0 Å². The fraction of sp³-hybridized carbons (Fsp3) is 0.750. The zero-order valence-electron chi connectivity index (χ0n) is 11.5. The molecule has 8 heteroatoms. The molecule has 0 unspecified atom stereocenters. The Labute approximate surface area is 116 Å². The van der Waals surface area contributed by atoms with Gasteiger partial charge in [0.1, 0.15) is 5.54 Å². The number of hydrogen-bond donors (Lipinski definition) is 3. The van der Waals surface area contributed by atoms with E-state index in [1.165, 1.54) is 4.90 Å². The van der Waals surface area contributed by atoms with Gasteiger partial charge in [-0.1, -0.05) is 0 Å². The van der Waals surface area contributed by atoms with Crippen molar-refractivity contribution >= 4 is 17.8 Å². The fourth-order valence-electron chi connectivity index (χ4n) is 2.36. The molecule has 2 aliphatic rings. The number of imide groups is 1. The van der Waals surface area contributed by atoms with E-state index in [9.17, 15) is 24.6 Å². The first-order chi connectivity index (χ1) is 9.22. The second-order valence-corrected chi connectivity index (χ2v) is 5.70. The largest absolute Gasteiger partial charge is 0.388 e. The van der Waals surface area contributed by atoms with Gasteiger partial charge in [0.15, 0.2) is 0 Å². The van der Waals surface area contributed by atoms with Crippen molar-refractivity contribution in [2.24, 2.45) is 0 Å². The number of carbonyl (C=O) groups excluding carboxylic acids is 3. The summed E-state index contributed by atoms with van der Waals surface area (Å²) in [6.45, 7) is 3.34. The number of likely N-dealkylation sites (tertiary alicyclic amines) is 1. The van der Waals surface area contributed by atoms with Gasteiger partial charge in [-0.2, -0.15) is 0 Å². The average Bonchev–Trinajstić information content (AvgIpc) is 2.77. The number of rotatable bonds is 3. The third kappa shape index (κ3) is 2.61. The maximum atomic E-state index is 11.9. The first kappa shape index (κ1) is 14.7. The van der Waals surface area contributed by atoms with E-state index in [0.717, 1.165) is 4.90 Å². The van der Waals surface area contributed by atoms with Gasteiger partial charge in [0, 0.05) is 26.1 Å². The number of β-amino-alcohol motifs (C(OH)–C–C–N with tert-alkyl or cyclic N) is 2. The van der Waals surface area contributed by atoms with E-state index < -0.39 is 23.8 Å². The van der Waals surface area contributed by atoms with E-state index in [0.29, 0.717) is 0 Å². The predicted octanol–water partition coefficient (Wildman–Crippen LogP) is -1.73. The first-order valence-electron chi connectivity index (χ1n) is 6.50. The number of hydrogen-bond acceptors (Lipinski definition) is 5. The van der Waals surface area contributed by atoms with E-state index in [4.69, 9.17) is 0 Å². The Bertz CT molecular complexity index is 440. The van der Waals surface area contributed by atoms with Gasteiger partial charge in [0.2, 0.25) is 5.91 Å². The number of urea groups is 1. The minimum atomic E-state index is -0.944. The Morgan fingerprint density at radius 3 is 2.30 bits per heavy atom. The Morgan fingerprint density at radius 2 is 1.85 bits per heavy atom. The summed E-state index contributed by atoms with van der Waals surface area (Å²) in [6.07, 6.45) is -1.89. The van der Waals surface area contributed by atoms with Crippen LogP contribution in [0.4, 0.5) is 4.79 Å². The van der Waals surface area contributed by atoms with Crippen LogP contribution < -0.4 is 5.32 Å². The van der Waals surface area contributed by atoms with Crippen LogP contribution in [-0.2, 0) is 9.59 Å². The van der Waals surface area contributed by atoms with E-state index in [1.807, 2.05) is 0 Å². The van der Waals surface area contributed by atoms with Gasteiger partial charge < -0.3 is 20.4 Å². The number of aliphatic hydroxyl groups excluding tert-OH is 2. The molecule has 0 spiro atoms.